The smallest absolute Gasteiger partial charge is 0.237 e. The first-order chi connectivity index (χ1) is 7.21. The van der Waals surface area contributed by atoms with Gasteiger partial charge >= 0.3 is 0 Å². The van der Waals surface area contributed by atoms with E-state index in [-0.39, 0.29) is 11.9 Å². The molecule has 0 spiro atoms. The van der Waals surface area contributed by atoms with Gasteiger partial charge in [-0.3, -0.25) is 4.79 Å². The molecule has 2 unspecified atom stereocenters. The second kappa shape index (κ2) is 5.75. The molecule has 2 atom stereocenters. The molecule has 1 N–H and O–H groups in total. The van der Waals surface area contributed by atoms with Crippen molar-refractivity contribution in [2.45, 2.75) is 52.0 Å². The average molecular weight is 208 g/mol. The minimum atomic E-state index is -0.474. The van der Waals surface area contributed by atoms with E-state index >= 15 is 0 Å². The Kier molecular flexibility index (Phi) is 4.61. The van der Waals surface area contributed by atoms with Gasteiger partial charge in [0.1, 0.15) is 5.92 Å². The third kappa shape index (κ3) is 3.91. The summed E-state index contributed by atoms with van der Waals surface area (Å²) in [6, 6.07) is 2.31. The average Bonchev–Trinajstić information content (AvgIpc) is 3.02. The topological polar surface area (TPSA) is 52.9 Å². The standard InChI is InChI=1S/C12H20N2O/c1-3-10(8-13)12(15)14-11(4-2)7-9-5-6-9/h9-11H,3-7H2,1-2H3,(H,14,15). The number of nitrogens with zero attached hydrogens (tertiary/aromatic N) is 1. The van der Waals surface area contributed by atoms with Crippen molar-refractivity contribution in [3.8, 4) is 6.07 Å². The molecule has 0 aliphatic heterocycles. The van der Waals surface area contributed by atoms with E-state index in [1.54, 1.807) is 0 Å². The molecule has 1 aliphatic rings. The zero-order valence-electron chi connectivity index (χ0n) is 9.62. The van der Waals surface area contributed by atoms with Crippen LogP contribution in [0.2, 0.25) is 0 Å². The molecule has 0 aromatic heterocycles. The fourth-order valence-electron chi connectivity index (χ4n) is 1.72. The molecule has 3 heteroatoms. The van der Waals surface area contributed by atoms with Gasteiger partial charge in [-0.25, -0.2) is 0 Å². The molecular formula is C12H20N2O. The lowest BCUT2D eigenvalue weighted by Gasteiger charge is -2.18. The molecule has 0 bridgehead atoms. The third-order valence-electron chi connectivity index (χ3n) is 3.03. The number of hydrogen-bond donors (Lipinski definition) is 1. The van der Waals surface area contributed by atoms with Gasteiger partial charge in [0.25, 0.3) is 0 Å². The van der Waals surface area contributed by atoms with Crippen molar-refractivity contribution in [1.29, 1.82) is 5.26 Å². The highest BCUT2D eigenvalue weighted by Gasteiger charge is 2.26. The number of hydrogen-bond acceptors (Lipinski definition) is 2. The Balaban J connectivity index is 2.35. The Labute approximate surface area is 91.9 Å². The molecule has 1 fully saturated rings. The SMILES string of the molecule is CCC(CC1CC1)NC(=O)C(C#N)CC. The Morgan fingerprint density at radius 1 is 1.47 bits per heavy atom. The second-order valence-corrected chi connectivity index (χ2v) is 4.38. The van der Waals surface area contributed by atoms with E-state index in [9.17, 15) is 4.79 Å². The molecule has 1 amide bonds. The van der Waals surface area contributed by atoms with Crippen molar-refractivity contribution in [1.82, 2.24) is 5.32 Å². The van der Waals surface area contributed by atoms with Gasteiger partial charge in [-0.05, 0) is 25.2 Å². The molecule has 3 nitrogen and oxygen atoms in total. The van der Waals surface area contributed by atoms with Gasteiger partial charge in [0.05, 0.1) is 6.07 Å². The molecule has 0 aromatic rings. The molecule has 0 heterocycles. The summed E-state index contributed by atoms with van der Waals surface area (Å²) in [4.78, 5) is 11.6. The second-order valence-electron chi connectivity index (χ2n) is 4.38. The first-order valence-corrected chi connectivity index (χ1v) is 5.91. The lowest BCUT2D eigenvalue weighted by molar-refractivity contribution is -0.124. The summed E-state index contributed by atoms with van der Waals surface area (Å²) in [7, 11) is 0. The van der Waals surface area contributed by atoms with Crippen LogP contribution in [0.1, 0.15) is 46.0 Å². The number of nitrogens with one attached hydrogen (secondary N) is 1. The fraction of sp³-hybridized carbons (Fsp3) is 0.833. The Hall–Kier alpha value is -1.04. The largest absolute Gasteiger partial charge is 0.352 e. The van der Waals surface area contributed by atoms with Crippen molar-refractivity contribution >= 4 is 5.91 Å². The highest BCUT2D eigenvalue weighted by Crippen LogP contribution is 2.34. The summed E-state index contributed by atoms with van der Waals surface area (Å²) < 4.78 is 0. The normalized spacial score (nSPS) is 19.0. The summed E-state index contributed by atoms with van der Waals surface area (Å²) in [6.07, 6.45) is 5.26. The quantitative estimate of drug-likeness (QED) is 0.727. The van der Waals surface area contributed by atoms with E-state index in [0.29, 0.717) is 6.42 Å². The molecular weight excluding hydrogens is 188 g/mol. The fourth-order valence-corrected chi connectivity index (χ4v) is 1.72. The molecule has 0 saturated heterocycles. The summed E-state index contributed by atoms with van der Waals surface area (Å²) >= 11 is 0. The van der Waals surface area contributed by atoms with Crippen LogP contribution in [0.25, 0.3) is 0 Å². The zero-order chi connectivity index (χ0) is 11.3. The van der Waals surface area contributed by atoms with Crippen molar-refractivity contribution in [2.75, 3.05) is 0 Å². The highest BCUT2D eigenvalue weighted by molar-refractivity contribution is 5.81. The van der Waals surface area contributed by atoms with Crippen molar-refractivity contribution < 1.29 is 4.79 Å². The number of carbonyl (C=O) groups is 1. The van der Waals surface area contributed by atoms with E-state index in [0.717, 1.165) is 18.8 Å². The number of rotatable bonds is 6. The van der Waals surface area contributed by atoms with E-state index in [1.807, 2.05) is 13.0 Å². The van der Waals surface area contributed by atoms with Crippen molar-refractivity contribution in [2.24, 2.45) is 11.8 Å². The van der Waals surface area contributed by atoms with Crippen LogP contribution in [0.5, 0.6) is 0 Å². The minimum absolute atomic E-state index is 0.0903. The van der Waals surface area contributed by atoms with Crippen LogP contribution < -0.4 is 5.32 Å². The molecule has 0 aromatic carbocycles. The summed E-state index contributed by atoms with van der Waals surface area (Å²) in [5, 5.41) is 11.7. The van der Waals surface area contributed by atoms with Crippen LogP contribution >= 0.6 is 0 Å². The van der Waals surface area contributed by atoms with Crippen LogP contribution in [0.4, 0.5) is 0 Å². The molecule has 84 valence electrons. The maximum absolute atomic E-state index is 11.6. The number of carbonyl (C=O) groups excluding carboxylic acids is 1. The molecule has 1 rings (SSSR count). The molecule has 15 heavy (non-hydrogen) atoms. The van der Waals surface area contributed by atoms with Gasteiger partial charge < -0.3 is 5.32 Å². The van der Waals surface area contributed by atoms with E-state index in [1.165, 1.54) is 12.8 Å². The Morgan fingerprint density at radius 2 is 2.13 bits per heavy atom. The van der Waals surface area contributed by atoms with Gasteiger partial charge in [-0.15, -0.1) is 0 Å². The first kappa shape index (κ1) is 12.0. The maximum Gasteiger partial charge on any atom is 0.237 e. The number of nitriles is 1. The molecule has 1 saturated carbocycles. The summed E-state index contributed by atoms with van der Waals surface area (Å²) in [5.74, 6) is 0.253. The lowest BCUT2D eigenvalue weighted by atomic mass is 10.0. The van der Waals surface area contributed by atoms with Gasteiger partial charge in [0, 0.05) is 6.04 Å². The van der Waals surface area contributed by atoms with Crippen LogP contribution in [-0.4, -0.2) is 11.9 Å². The van der Waals surface area contributed by atoms with Crippen molar-refractivity contribution in [3.63, 3.8) is 0 Å². The minimum Gasteiger partial charge on any atom is -0.352 e. The maximum atomic E-state index is 11.6. The van der Waals surface area contributed by atoms with Crippen molar-refractivity contribution in [3.05, 3.63) is 0 Å². The predicted octanol–water partition coefficient (Wildman–Crippen LogP) is 2.23. The summed E-state index contributed by atoms with van der Waals surface area (Å²) in [6.45, 7) is 3.95. The summed E-state index contributed by atoms with van der Waals surface area (Å²) in [5.41, 5.74) is 0. The van der Waals surface area contributed by atoms with Crippen LogP contribution in [0, 0.1) is 23.2 Å². The monoisotopic (exact) mass is 208 g/mol. The van der Waals surface area contributed by atoms with Gasteiger partial charge in [0.15, 0.2) is 0 Å². The third-order valence-corrected chi connectivity index (χ3v) is 3.03. The van der Waals surface area contributed by atoms with Crippen LogP contribution in [0.3, 0.4) is 0 Å². The van der Waals surface area contributed by atoms with Gasteiger partial charge in [-0.2, -0.15) is 5.26 Å². The van der Waals surface area contributed by atoms with Crippen LogP contribution in [0.15, 0.2) is 0 Å². The van der Waals surface area contributed by atoms with E-state index in [4.69, 9.17) is 5.26 Å². The van der Waals surface area contributed by atoms with Gasteiger partial charge in [0.2, 0.25) is 5.91 Å². The van der Waals surface area contributed by atoms with E-state index in [2.05, 4.69) is 12.2 Å². The first-order valence-electron chi connectivity index (χ1n) is 5.91. The van der Waals surface area contributed by atoms with Crippen LogP contribution in [-0.2, 0) is 4.79 Å². The Morgan fingerprint density at radius 3 is 2.53 bits per heavy atom. The molecule has 1 aliphatic carbocycles. The number of amides is 1. The van der Waals surface area contributed by atoms with E-state index < -0.39 is 5.92 Å². The van der Waals surface area contributed by atoms with Gasteiger partial charge in [-0.1, -0.05) is 26.7 Å². The molecule has 0 radical (unpaired) electrons. The predicted molar refractivity (Wildman–Crippen MR) is 59.0 cm³/mol. The Bertz CT molecular complexity index is 253. The lowest BCUT2D eigenvalue weighted by Crippen LogP contribution is -2.38. The highest BCUT2D eigenvalue weighted by atomic mass is 16.1. The zero-order valence-corrected chi connectivity index (χ0v) is 9.62.